The molecule has 154 valence electrons. The maximum Gasteiger partial charge on any atom is 0.453 e. The van der Waals surface area contributed by atoms with E-state index in [0.29, 0.717) is 18.9 Å². The molecule has 0 spiro atoms. The van der Waals surface area contributed by atoms with Crippen LogP contribution >= 0.6 is 0 Å². The molecular formula is C17H19F3N8O. The van der Waals surface area contributed by atoms with Crippen molar-refractivity contribution in [2.45, 2.75) is 43.8 Å². The van der Waals surface area contributed by atoms with Crippen molar-refractivity contribution < 1.29 is 13.2 Å². The standard InChI is InChI=1S/C17H19F3N8O/c1-25-16(29)27(11-2-3-11)14(24-25)10-6-8-26(9-7-10)13-5-4-12-21-22-15(17(18,19)20)28(12)23-13/h4-5,10-11H,2-3,6-9H2,1H3. The fraction of sp³-hybridized carbons (Fsp3) is 0.588. The van der Waals surface area contributed by atoms with Crippen LogP contribution in [0.1, 0.15) is 49.3 Å². The summed E-state index contributed by atoms with van der Waals surface area (Å²) >= 11 is 0. The van der Waals surface area contributed by atoms with E-state index in [1.807, 2.05) is 9.47 Å². The number of rotatable bonds is 3. The lowest BCUT2D eigenvalue weighted by molar-refractivity contribution is -0.146. The minimum Gasteiger partial charge on any atom is -0.355 e. The minimum absolute atomic E-state index is 0.0536. The molecule has 3 aromatic rings. The number of anilines is 1. The van der Waals surface area contributed by atoms with Crippen LogP contribution in [0.25, 0.3) is 5.65 Å². The van der Waals surface area contributed by atoms with E-state index in [1.54, 1.807) is 13.1 Å². The van der Waals surface area contributed by atoms with E-state index in [9.17, 15) is 18.0 Å². The Labute approximate surface area is 162 Å². The summed E-state index contributed by atoms with van der Waals surface area (Å²) in [7, 11) is 1.66. The maximum absolute atomic E-state index is 13.1. The largest absolute Gasteiger partial charge is 0.453 e. The molecule has 12 heteroatoms. The number of piperidine rings is 1. The molecule has 0 amide bonds. The van der Waals surface area contributed by atoms with Crippen LogP contribution in [0, 0.1) is 0 Å². The highest BCUT2D eigenvalue weighted by atomic mass is 19.4. The minimum atomic E-state index is -4.62. The van der Waals surface area contributed by atoms with Crippen molar-refractivity contribution in [1.82, 2.24) is 34.2 Å². The summed E-state index contributed by atoms with van der Waals surface area (Å²) in [5.41, 5.74) is -0.0257. The zero-order valence-corrected chi connectivity index (χ0v) is 15.7. The predicted molar refractivity (Wildman–Crippen MR) is 95.7 cm³/mol. The Balaban J connectivity index is 1.37. The third kappa shape index (κ3) is 3.06. The van der Waals surface area contributed by atoms with E-state index < -0.39 is 12.0 Å². The molecule has 1 aliphatic heterocycles. The Bertz CT molecular complexity index is 1120. The monoisotopic (exact) mass is 408 g/mol. The van der Waals surface area contributed by atoms with Gasteiger partial charge in [-0.2, -0.15) is 22.8 Å². The zero-order valence-electron chi connectivity index (χ0n) is 15.7. The SMILES string of the molecule is Cn1nc(C2CCN(c3ccc4nnc(C(F)(F)F)n4n3)CC2)n(C2CC2)c1=O. The van der Waals surface area contributed by atoms with Gasteiger partial charge in [0.15, 0.2) is 5.65 Å². The van der Waals surface area contributed by atoms with Crippen molar-refractivity contribution >= 4 is 11.5 Å². The molecule has 0 atom stereocenters. The molecule has 5 rings (SSSR count). The van der Waals surface area contributed by atoms with E-state index in [4.69, 9.17) is 0 Å². The van der Waals surface area contributed by atoms with Gasteiger partial charge in [0.1, 0.15) is 11.6 Å². The Morgan fingerprint density at radius 1 is 1.03 bits per heavy atom. The second-order valence-electron chi connectivity index (χ2n) is 7.61. The summed E-state index contributed by atoms with van der Waals surface area (Å²) in [4.78, 5) is 14.3. The highest BCUT2D eigenvalue weighted by Crippen LogP contribution is 2.38. The van der Waals surface area contributed by atoms with Crippen molar-refractivity contribution in [2.24, 2.45) is 7.05 Å². The van der Waals surface area contributed by atoms with Gasteiger partial charge in [-0.3, -0.25) is 4.57 Å². The number of hydrogen-bond acceptors (Lipinski definition) is 6. The molecule has 1 saturated carbocycles. The number of alkyl halides is 3. The lowest BCUT2D eigenvalue weighted by Crippen LogP contribution is -2.35. The molecule has 4 heterocycles. The first kappa shape index (κ1) is 18.1. The second-order valence-corrected chi connectivity index (χ2v) is 7.61. The average Bonchev–Trinajstić information content (AvgIpc) is 3.35. The van der Waals surface area contributed by atoms with Gasteiger partial charge in [0.2, 0.25) is 0 Å². The summed E-state index contributed by atoms with van der Waals surface area (Å²) in [6.45, 7) is 1.23. The summed E-state index contributed by atoms with van der Waals surface area (Å²) in [5, 5.41) is 15.3. The van der Waals surface area contributed by atoms with E-state index in [0.717, 1.165) is 36.0 Å². The van der Waals surface area contributed by atoms with Crippen LogP contribution in [0.5, 0.6) is 0 Å². The number of fused-ring (bicyclic) bond motifs is 1. The molecule has 2 fully saturated rings. The van der Waals surface area contributed by atoms with Crippen LogP contribution in [0.15, 0.2) is 16.9 Å². The fourth-order valence-corrected chi connectivity index (χ4v) is 3.94. The molecule has 9 nitrogen and oxygen atoms in total. The molecule has 29 heavy (non-hydrogen) atoms. The highest BCUT2D eigenvalue weighted by molar-refractivity contribution is 5.46. The fourth-order valence-electron chi connectivity index (χ4n) is 3.94. The lowest BCUT2D eigenvalue weighted by Gasteiger charge is -2.32. The molecule has 0 radical (unpaired) electrons. The van der Waals surface area contributed by atoms with Crippen molar-refractivity contribution in [3.8, 4) is 0 Å². The van der Waals surface area contributed by atoms with Crippen LogP contribution in [-0.2, 0) is 13.2 Å². The van der Waals surface area contributed by atoms with Gasteiger partial charge in [0.25, 0.3) is 5.82 Å². The second kappa shape index (κ2) is 6.29. The first-order valence-corrected chi connectivity index (χ1v) is 9.53. The summed E-state index contributed by atoms with van der Waals surface area (Å²) in [6, 6.07) is 3.40. The van der Waals surface area contributed by atoms with Gasteiger partial charge < -0.3 is 4.90 Å². The van der Waals surface area contributed by atoms with Crippen molar-refractivity contribution in [1.29, 1.82) is 0 Å². The van der Waals surface area contributed by atoms with Crippen molar-refractivity contribution in [3.05, 3.63) is 34.3 Å². The van der Waals surface area contributed by atoms with E-state index in [2.05, 4.69) is 20.4 Å². The highest BCUT2D eigenvalue weighted by Gasteiger charge is 2.38. The molecule has 0 aromatic carbocycles. The van der Waals surface area contributed by atoms with Gasteiger partial charge in [-0.15, -0.1) is 15.3 Å². The number of aromatic nitrogens is 7. The summed E-state index contributed by atoms with van der Waals surface area (Å²) < 4.78 is 43.2. The van der Waals surface area contributed by atoms with Crippen molar-refractivity contribution in [2.75, 3.05) is 18.0 Å². The molecule has 1 saturated heterocycles. The molecular weight excluding hydrogens is 389 g/mol. The Kier molecular flexibility index (Phi) is 3.93. The molecule has 1 aliphatic carbocycles. The normalized spacial score (nSPS) is 18.7. The topological polar surface area (TPSA) is 86.1 Å². The number of halogens is 3. The molecule has 0 N–H and O–H groups in total. The molecule has 2 aliphatic rings. The van der Waals surface area contributed by atoms with Crippen LogP contribution < -0.4 is 10.6 Å². The zero-order chi connectivity index (χ0) is 20.3. The molecule has 0 unspecified atom stereocenters. The first-order chi connectivity index (χ1) is 13.8. The van der Waals surface area contributed by atoms with Crippen molar-refractivity contribution in [3.63, 3.8) is 0 Å². The van der Waals surface area contributed by atoms with Crippen LogP contribution in [0.2, 0.25) is 0 Å². The van der Waals surface area contributed by atoms with Crippen LogP contribution in [-0.4, -0.2) is 47.2 Å². The predicted octanol–water partition coefficient (Wildman–Crippen LogP) is 1.76. The van der Waals surface area contributed by atoms with E-state index in [1.165, 1.54) is 10.7 Å². The Morgan fingerprint density at radius 2 is 1.76 bits per heavy atom. The quantitative estimate of drug-likeness (QED) is 0.657. The summed E-state index contributed by atoms with van der Waals surface area (Å²) in [5.74, 6) is 0.277. The smallest absolute Gasteiger partial charge is 0.355 e. The molecule has 0 bridgehead atoms. The first-order valence-electron chi connectivity index (χ1n) is 9.53. The van der Waals surface area contributed by atoms with Gasteiger partial charge in [0.05, 0.1) is 0 Å². The number of aryl methyl sites for hydroxylation is 1. The van der Waals surface area contributed by atoms with Gasteiger partial charge in [-0.25, -0.2) is 9.48 Å². The van der Waals surface area contributed by atoms with E-state index in [-0.39, 0.29) is 23.3 Å². The lowest BCUT2D eigenvalue weighted by atomic mass is 9.96. The van der Waals surface area contributed by atoms with Crippen LogP contribution in [0.3, 0.4) is 0 Å². The number of nitrogens with zero attached hydrogens (tertiary/aromatic N) is 8. The van der Waals surface area contributed by atoms with Gasteiger partial charge >= 0.3 is 11.9 Å². The van der Waals surface area contributed by atoms with E-state index >= 15 is 0 Å². The third-order valence-electron chi connectivity index (χ3n) is 5.58. The average molecular weight is 408 g/mol. The maximum atomic E-state index is 13.1. The van der Waals surface area contributed by atoms with Gasteiger partial charge in [0, 0.05) is 32.1 Å². The third-order valence-corrected chi connectivity index (χ3v) is 5.58. The molecule has 3 aromatic heterocycles. The van der Waals surface area contributed by atoms with Crippen LogP contribution in [0.4, 0.5) is 19.0 Å². The number of hydrogen-bond donors (Lipinski definition) is 0. The Morgan fingerprint density at radius 3 is 2.41 bits per heavy atom. The van der Waals surface area contributed by atoms with Gasteiger partial charge in [-0.05, 0) is 37.8 Å². The Hall–Kier alpha value is -2.92. The van der Waals surface area contributed by atoms with Gasteiger partial charge in [-0.1, -0.05) is 0 Å². The summed E-state index contributed by atoms with van der Waals surface area (Å²) in [6.07, 6.45) is -1.12.